The summed E-state index contributed by atoms with van der Waals surface area (Å²) in [6.45, 7) is 9.02. The highest BCUT2D eigenvalue weighted by atomic mass is 16.5. The van der Waals surface area contributed by atoms with Crippen LogP contribution in [-0.4, -0.2) is 56.9 Å². The lowest BCUT2D eigenvalue weighted by Crippen LogP contribution is -2.49. The van der Waals surface area contributed by atoms with E-state index in [2.05, 4.69) is 50.4 Å². The van der Waals surface area contributed by atoms with Crippen molar-refractivity contribution in [3.05, 3.63) is 0 Å². The van der Waals surface area contributed by atoms with Gasteiger partial charge in [0, 0.05) is 19.2 Å². The molecule has 2 amide bonds. The number of carbonyl (C=O) groups is 1. The molecule has 0 aromatic heterocycles. The Balaban J connectivity index is 2.29. The first kappa shape index (κ1) is 18.2. The first-order valence-electron chi connectivity index (χ1n) is 8.09. The number of nitrogens with one attached hydrogen (secondary N) is 2. The molecule has 1 aliphatic heterocycles. The molecule has 1 rings (SSSR count). The Hall–Kier alpha value is -0.810. The average molecular weight is 299 g/mol. The van der Waals surface area contributed by atoms with Gasteiger partial charge in [0.05, 0.1) is 6.10 Å². The Labute approximate surface area is 129 Å². The molecule has 1 aliphatic rings. The van der Waals surface area contributed by atoms with Crippen molar-refractivity contribution >= 4 is 6.03 Å². The number of nitrogens with zero attached hydrogens (tertiary/aromatic N) is 1. The van der Waals surface area contributed by atoms with Gasteiger partial charge in [0.15, 0.2) is 0 Å². The molecule has 0 aromatic rings. The fourth-order valence-electron chi connectivity index (χ4n) is 2.54. The lowest BCUT2D eigenvalue weighted by molar-refractivity contribution is 0.104. The van der Waals surface area contributed by atoms with Crippen LogP contribution >= 0.6 is 0 Å². The quantitative estimate of drug-likeness (QED) is 0.758. The molecule has 2 atom stereocenters. The third kappa shape index (κ3) is 7.67. The minimum atomic E-state index is -0.0633. The summed E-state index contributed by atoms with van der Waals surface area (Å²) in [5, 5.41) is 6.08. The number of amides is 2. The SMILES string of the molecule is CN(C)CC[C@@H](NC(=O)NCC[C@@H]1CCCO1)C(C)(C)C. The first-order chi connectivity index (χ1) is 9.79. The zero-order valence-electron chi connectivity index (χ0n) is 14.4. The second-order valence-corrected chi connectivity index (χ2v) is 7.33. The Morgan fingerprint density at radius 3 is 2.62 bits per heavy atom. The van der Waals surface area contributed by atoms with E-state index in [1.54, 1.807) is 0 Å². The van der Waals surface area contributed by atoms with Crippen LogP contribution in [0.5, 0.6) is 0 Å². The molecule has 2 N–H and O–H groups in total. The summed E-state index contributed by atoms with van der Waals surface area (Å²) in [5.41, 5.74) is 0.0575. The van der Waals surface area contributed by atoms with Crippen molar-refractivity contribution in [2.75, 3.05) is 33.8 Å². The third-order valence-corrected chi connectivity index (χ3v) is 3.99. The zero-order valence-corrected chi connectivity index (χ0v) is 14.4. The van der Waals surface area contributed by atoms with Crippen molar-refractivity contribution < 1.29 is 9.53 Å². The van der Waals surface area contributed by atoms with Crippen LogP contribution in [0.4, 0.5) is 4.79 Å². The second kappa shape index (κ2) is 8.59. The molecule has 1 saturated heterocycles. The predicted octanol–water partition coefficient (Wildman–Crippen LogP) is 2.22. The van der Waals surface area contributed by atoms with Gasteiger partial charge >= 0.3 is 6.03 Å². The van der Waals surface area contributed by atoms with Crippen molar-refractivity contribution in [3.8, 4) is 0 Å². The van der Waals surface area contributed by atoms with E-state index < -0.39 is 0 Å². The molecule has 0 aromatic carbocycles. The number of ether oxygens (including phenoxy) is 1. The van der Waals surface area contributed by atoms with Crippen LogP contribution in [0.2, 0.25) is 0 Å². The first-order valence-corrected chi connectivity index (χ1v) is 8.09. The summed E-state index contributed by atoms with van der Waals surface area (Å²) in [6, 6.07) is 0.106. The minimum absolute atomic E-state index is 0.0575. The molecule has 1 heterocycles. The monoisotopic (exact) mass is 299 g/mol. The molecular weight excluding hydrogens is 266 g/mol. The summed E-state index contributed by atoms with van der Waals surface area (Å²) in [6.07, 6.45) is 4.46. The Morgan fingerprint density at radius 1 is 1.38 bits per heavy atom. The Morgan fingerprint density at radius 2 is 2.10 bits per heavy atom. The van der Waals surface area contributed by atoms with Crippen molar-refractivity contribution in [2.45, 2.75) is 58.6 Å². The van der Waals surface area contributed by atoms with E-state index in [4.69, 9.17) is 4.74 Å². The van der Waals surface area contributed by atoms with E-state index in [0.717, 1.165) is 38.8 Å². The number of rotatable bonds is 7. The lowest BCUT2D eigenvalue weighted by Gasteiger charge is -2.32. The molecule has 1 fully saturated rings. The number of carbonyl (C=O) groups excluding carboxylic acids is 1. The van der Waals surface area contributed by atoms with Crippen LogP contribution in [0.1, 0.15) is 46.5 Å². The van der Waals surface area contributed by atoms with Crippen LogP contribution in [-0.2, 0) is 4.74 Å². The fraction of sp³-hybridized carbons (Fsp3) is 0.938. The average Bonchev–Trinajstić information content (AvgIpc) is 2.85. The van der Waals surface area contributed by atoms with Crippen LogP contribution in [0.25, 0.3) is 0 Å². The maximum absolute atomic E-state index is 12.0. The molecule has 124 valence electrons. The molecule has 0 bridgehead atoms. The van der Waals surface area contributed by atoms with Gasteiger partial charge in [0.2, 0.25) is 0 Å². The predicted molar refractivity (Wildman–Crippen MR) is 86.5 cm³/mol. The van der Waals surface area contributed by atoms with E-state index >= 15 is 0 Å². The lowest BCUT2D eigenvalue weighted by atomic mass is 9.85. The molecule has 0 saturated carbocycles. The zero-order chi connectivity index (χ0) is 15.9. The van der Waals surface area contributed by atoms with Gasteiger partial charge < -0.3 is 20.3 Å². The fourth-order valence-corrected chi connectivity index (χ4v) is 2.54. The molecule has 0 radical (unpaired) electrons. The highest BCUT2D eigenvalue weighted by Gasteiger charge is 2.26. The van der Waals surface area contributed by atoms with E-state index in [1.807, 2.05) is 0 Å². The summed E-state index contributed by atoms with van der Waals surface area (Å²) in [7, 11) is 4.11. The summed E-state index contributed by atoms with van der Waals surface area (Å²) >= 11 is 0. The number of hydrogen-bond donors (Lipinski definition) is 2. The van der Waals surface area contributed by atoms with Crippen molar-refractivity contribution in [2.24, 2.45) is 5.41 Å². The van der Waals surface area contributed by atoms with Crippen LogP contribution in [0, 0.1) is 5.41 Å². The molecule has 21 heavy (non-hydrogen) atoms. The van der Waals surface area contributed by atoms with Gasteiger partial charge in [-0.15, -0.1) is 0 Å². The highest BCUT2D eigenvalue weighted by Crippen LogP contribution is 2.22. The van der Waals surface area contributed by atoms with Crippen molar-refractivity contribution in [1.82, 2.24) is 15.5 Å². The van der Waals surface area contributed by atoms with Gasteiger partial charge in [-0.05, 0) is 51.7 Å². The third-order valence-electron chi connectivity index (χ3n) is 3.99. The van der Waals surface area contributed by atoms with Crippen LogP contribution in [0.3, 0.4) is 0 Å². The number of urea groups is 1. The largest absolute Gasteiger partial charge is 0.378 e. The summed E-state index contributed by atoms with van der Waals surface area (Å²) in [4.78, 5) is 14.2. The van der Waals surface area contributed by atoms with Gasteiger partial charge in [-0.3, -0.25) is 0 Å². The van der Waals surface area contributed by atoms with E-state index in [0.29, 0.717) is 12.6 Å². The standard InChI is InChI=1S/C16H33N3O2/c1-16(2,3)14(9-11-19(4)5)18-15(20)17-10-8-13-7-6-12-21-13/h13-14H,6-12H2,1-5H3,(H2,17,18,20)/t13-,14+/m0/s1. The van der Waals surface area contributed by atoms with Gasteiger partial charge in [-0.25, -0.2) is 4.79 Å². The van der Waals surface area contributed by atoms with Gasteiger partial charge in [-0.1, -0.05) is 20.8 Å². The molecule has 5 nitrogen and oxygen atoms in total. The molecule has 0 spiro atoms. The Kier molecular flexibility index (Phi) is 7.46. The molecule has 0 unspecified atom stereocenters. The normalized spacial score (nSPS) is 20.6. The van der Waals surface area contributed by atoms with Gasteiger partial charge in [-0.2, -0.15) is 0 Å². The van der Waals surface area contributed by atoms with Crippen molar-refractivity contribution in [1.29, 1.82) is 0 Å². The maximum atomic E-state index is 12.0. The number of hydrogen-bond acceptors (Lipinski definition) is 3. The van der Waals surface area contributed by atoms with Gasteiger partial charge in [0.1, 0.15) is 0 Å². The summed E-state index contributed by atoms with van der Waals surface area (Å²) < 4.78 is 5.56. The summed E-state index contributed by atoms with van der Waals surface area (Å²) in [5.74, 6) is 0. The second-order valence-electron chi connectivity index (χ2n) is 7.33. The Bertz CT molecular complexity index is 307. The molecule has 5 heteroatoms. The molecule has 0 aliphatic carbocycles. The van der Waals surface area contributed by atoms with Crippen LogP contribution < -0.4 is 10.6 Å². The van der Waals surface area contributed by atoms with E-state index in [1.165, 1.54) is 0 Å². The highest BCUT2D eigenvalue weighted by molar-refractivity contribution is 5.74. The topological polar surface area (TPSA) is 53.6 Å². The maximum Gasteiger partial charge on any atom is 0.315 e. The van der Waals surface area contributed by atoms with Crippen molar-refractivity contribution in [3.63, 3.8) is 0 Å². The smallest absolute Gasteiger partial charge is 0.315 e. The molecular formula is C16H33N3O2. The van der Waals surface area contributed by atoms with Gasteiger partial charge in [0.25, 0.3) is 0 Å². The van der Waals surface area contributed by atoms with Crippen LogP contribution in [0.15, 0.2) is 0 Å². The minimum Gasteiger partial charge on any atom is -0.378 e. The van der Waals surface area contributed by atoms with E-state index in [9.17, 15) is 4.79 Å². The van der Waals surface area contributed by atoms with E-state index in [-0.39, 0.29) is 17.5 Å².